The van der Waals surface area contributed by atoms with Gasteiger partial charge in [0.05, 0.1) is 26.7 Å². The molecule has 3 rings (SSSR count). The molecule has 0 aliphatic rings. The third-order valence-corrected chi connectivity index (χ3v) is 3.57. The Morgan fingerprint density at radius 2 is 1.74 bits per heavy atom. The van der Waals surface area contributed by atoms with Crippen LogP contribution in [0.2, 0.25) is 0 Å². The summed E-state index contributed by atoms with van der Waals surface area (Å²) in [6.45, 7) is 0. The number of phenolic OH excluding ortho intramolecular Hbond substituents is 2. The molecule has 0 unspecified atom stereocenters. The molecule has 1 aromatic heterocycles. The molecule has 0 saturated heterocycles. The molecule has 120 valence electrons. The maximum atomic E-state index is 12.7. The van der Waals surface area contributed by atoms with Gasteiger partial charge in [0.15, 0.2) is 11.3 Å². The zero-order valence-corrected chi connectivity index (χ0v) is 12.7. The van der Waals surface area contributed by atoms with Crippen LogP contribution in [0.4, 0.5) is 0 Å². The quantitative estimate of drug-likeness (QED) is 0.715. The number of hydrogen-bond donors (Lipinski definition) is 2. The fourth-order valence-electron chi connectivity index (χ4n) is 2.48. The van der Waals surface area contributed by atoms with Gasteiger partial charge in [-0.05, 0) is 6.07 Å². The van der Waals surface area contributed by atoms with Crippen molar-refractivity contribution in [3.8, 4) is 28.7 Å². The summed E-state index contributed by atoms with van der Waals surface area (Å²) in [5.74, 6) is -0.0864. The van der Waals surface area contributed by atoms with E-state index in [1.165, 1.54) is 39.5 Å². The maximum absolute atomic E-state index is 12.7. The highest BCUT2D eigenvalue weighted by Crippen LogP contribution is 2.43. The predicted octanol–water partition coefficient (Wildman–Crippen LogP) is 2.38. The first-order valence-electron chi connectivity index (χ1n) is 6.63. The van der Waals surface area contributed by atoms with Gasteiger partial charge in [0.25, 0.3) is 0 Å². The van der Waals surface area contributed by atoms with E-state index in [1.807, 2.05) is 0 Å². The lowest BCUT2D eigenvalue weighted by Crippen LogP contribution is -2.04. The topological polar surface area (TPSA) is 98.4 Å². The third-order valence-electron chi connectivity index (χ3n) is 3.57. The molecule has 0 bridgehead atoms. The van der Waals surface area contributed by atoms with E-state index in [9.17, 15) is 15.0 Å². The first-order valence-corrected chi connectivity index (χ1v) is 6.63. The maximum Gasteiger partial charge on any atom is 0.207 e. The van der Waals surface area contributed by atoms with E-state index in [2.05, 4.69) is 0 Å². The number of benzene rings is 2. The first kappa shape index (κ1) is 14.8. The molecule has 23 heavy (non-hydrogen) atoms. The Morgan fingerprint density at radius 1 is 1.00 bits per heavy atom. The van der Waals surface area contributed by atoms with Crippen LogP contribution in [-0.4, -0.2) is 31.5 Å². The molecule has 0 amide bonds. The van der Waals surface area contributed by atoms with Crippen LogP contribution in [0.3, 0.4) is 0 Å². The molecule has 7 heteroatoms. The Labute approximate surface area is 130 Å². The third kappa shape index (κ3) is 2.09. The number of rotatable bonds is 3. The van der Waals surface area contributed by atoms with Crippen LogP contribution in [0.5, 0.6) is 28.7 Å². The molecule has 7 nitrogen and oxygen atoms in total. The van der Waals surface area contributed by atoms with Crippen LogP contribution in [0.25, 0.3) is 21.9 Å². The summed E-state index contributed by atoms with van der Waals surface area (Å²) in [5, 5.41) is 20.4. The number of methoxy groups -OCH3 is 3. The summed E-state index contributed by atoms with van der Waals surface area (Å²) >= 11 is 0. The van der Waals surface area contributed by atoms with E-state index in [0.29, 0.717) is 5.75 Å². The number of fused-ring (bicyclic) bond motifs is 2. The van der Waals surface area contributed by atoms with E-state index in [0.717, 1.165) is 0 Å². The van der Waals surface area contributed by atoms with Crippen LogP contribution in [0.15, 0.2) is 27.4 Å². The normalized spacial score (nSPS) is 10.9. The minimum atomic E-state index is -0.502. The number of ether oxygens (including phenoxy) is 3. The molecule has 2 N–H and O–H groups in total. The highest BCUT2D eigenvalue weighted by molar-refractivity contribution is 5.97. The second-order valence-electron chi connectivity index (χ2n) is 4.79. The molecule has 0 fully saturated rings. The average molecular weight is 318 g/mol. The Morgan fingerprint density at radius 3 is 2.35 bits per heavy atom. The fraction of sp³-hybridized carbons (Fsp3) is 0.188. The Bertz CT molecular complexity index is 972. The lowest BCUT2D eigenvalue weighted by molar-refractivity contribution is 0.333. The van der Waals surface area contributed by atoms with Crippen molar-refractivity contribution in [2.75, 3.05) is 21.3 Å². The molecular formula is C16H14O7. The van der Waals surface area contributed by atoms with Gasteiger partial charge in [0.2, 0.25) is 16.9 Å². The van der Waals surface area contributed by atoms with Gasteiger partial charge < -0.3 is 28.8 Å². The smallest absolute Gasteiger partial charge is 0.207 e. The van der Waals surface area contributed by atoms with Crippen LogP contribution in [-0.2, 0) is 0 Å². The van der Waals surface area contributed by atoms with Crippen LogP contribution in [0.1, 0.15) is 0 Å². The van der Waals surface area contributed by atoms with Gasteiger partial charge in [-0.2, -0.15) is 0 Å². The Kier molecular flexibility index (Phi) is 3.40. The van der Waals surface area contributed by atoms with E-state index in [4.69, 9.17) is 18.6 Å². The standard InChI is InChI=1S/C16H14O7/c1-20-7-4-9(17)12-10(5-7)23-15-8(13(12)18)6-11(21-2)16(22-3)14(15)19/h4-6,17,19H,1-3H3. The molecule has 0 saturated carbocycles. The molecule has 0 aliphatic carbocycles. The average Bonchev–Trinajstić information content (AvgIpc) is 2.54. The number of hydrogen-bond acceptors (Lipinski definition) is 7. The van der Waals surface area contributed by atoms with Gasteiger partial charge >= 0.3 is 0 Å². The van der Waals surface area contributed by atoms with Crippen LogP contribution in [0, 0.1) is 0 Å². The monoisotopic (exact) mass is 318 g/mol. The van der Waals surface area contributed by atoms with Gasteiger partial charge in [-0.1, -0.05) is 0 Å². The van der Waals surface area contributed by atoms with E-state index >= 15 is 0 Å². The lowest BCUT2D eigenvalue weighted by atomic mass is 10.1. The Hall–Kier alpha value is -3.09. The summed E-state index contributed by atoms with van der Waals surface area (Å²) in [4.78, 5) is 12.7. The molecule has 3 aromatic rings. The fourth-order valence-corrected chi connectivity index (χ4v) is 2.48. The highest BCUT2D eigenvalue weighted by Gasteiger charge is 2.21. The minimum Gasteiger partial charge on any atom is -0.507 e. The largest absolute Gasteiger partial charge is 0.507 e. The highest BCUT2D eigenvalue weighted by atomic mass is 16.5. The van der Waals surface area contributed by atoms with Crippen molar-refractivity contribution >= 4 is 21.9 Å². The minimum absolute atomic E-state index is 0.00933. The lowest BCUT2D eigenvalue weighted by Gasteiger charge is -2.12. The van der Waals surface area contributed by atoms with Crippen molar-refractivity contribution in [2.45, 2.75) is 0 Å². The number of aromatic hydroxyl groups is 2. The molecule has 0 atom stereocenters. The van der Waals surface area contributed by atoms with E-state index in [-0.39, 0.29) is 44.9 Å². The SMILES string of the molecule is COc1cc(O)c2c(=O)c3cc(OC)c(OC)c(O)c3oc2c1. The van der Waals surface area contributed by atoms with Gasteiger partial charge in [0.1, 0.15) is 22.5 Å². The van der Waals surface area contributed by atoms with Gasteiger partial charge in [-0.3, -0.25) is 4.79 Å². The zero-order chi connectivity index (χ0) is 16.7. The summed E-state index contributed by atoms with van der Waals surface area (Å²) in [7, 11) is 4.16. The van der Waals surface area contributed by atoms with Crippen molar-refractivity contribution in [1.82, 2.24) is 0 Å². The molecular weight excluding hydrogens is 304 g/mol. The molecule has 0 aliphatic heterocycles. The Balaban J connectivity index is 2.53. The number of phenols is 2. The van der Waals surface area contributed by atoms with Crippen LogP contribution < -0.4 is 19.6 Å². The second-order valence-corrected chi connectivity index (χ2v) is 4.79. The van der Waals surface area contributed by atoms with Crippen molar-refractivity contribution in [1.29, 1.82) is 0 Å². The van der Waals surface area contributed by atoms with Gasteiger partial charge in [-0.25, -0.2) is 0 Å². The molecule has 0 spiro atoms. The van der Waals surface area contributed by atoms with E-state index < -0.39 is 5.43 Å². The summed E-state index contributed by atoms with van der Waals surface area (Å²) in [6, 6.07) is 4.15. The van der Waals surface area contributed by atoms with Crippen molar-refractivity contribution in [2.24, 2.45) is 0 Å². The second kappa shape index (κ2) is 5.28. The summed E-state index contributed by atoms with van der Waals surface area (Å²) < 4.78 is 20.8. The predicted molar refractivity (Wildman–Crippen MR) is 83.0 cm³/mol. The van der Waals surface area contributed by atoms with Gasteiger partial charge in [-0.15, -0.1) is 0 Å². The molecule has 0 radical (unpaired) electrons. The van der Waals surface area contributed by atoms with Crippen molar-refractivity contribution in [3.05, 3.63) is 28.4 Å². The summed E-state index contributed by atoms with van der Waals surface area (Å²) in [6.07, 6.45) is 0. The van der Waals surface area contributed by atoms with Crippen molar-refractivity contribution in [3.63, 3.8) is 0 Å². The molecule has 2 aromatic carbocycles. The summed E-state index contributed by atoms with van der Waals surface area (Å²) in [5.41, 5.74) is -0.479. The van der Waals surface area contributed by atoms with Gasteiger partial charge in [0, 0.05) is 12.1 Å². The zero-order valence-electron chi connectivity index (χ0n) is 12.7. The van der Waals surface area contributed by atoms with Crippen molar-refractivity contribution < 1.29 is 28.8 Å². The first-order chi connectivity index (χ1) is 11.0. The van der Waals surface area contributed by atoms with E-state index in [1.54, 1.807) is 0 Å². The van der Waals surface area contributed by atoms with Crippen LogP contribution >= 0.6 is 0 Å². The molecule has 1 heterocycles.